The van der Waals surface area contributed by atoms with Crippen LogP contribution in [0.2, 0.25) is 0 Å². The molecule has 0 aliphatic heterocycles. The predicted molar refractivity (Wildman–Crippen MR) is 104 cm³/mol. The molecule has 3 rings (SSSR count). The highest BCUT2D eigenvalue weighted by Crippen LogP contribution is 2.14. The summed E-state index contributed by atoms with van der Waals surface area (Å²) in [6, 6.07) is 17.5. The molecular formula is C21H22N4O. The van der Waals surface area contributed by atoms with E-state index in [9.17, 15) is 4.79 Å². The van der Waals surface area contributed by atoms with E-state index in [-0.39, 0.29) is 5.91 Å². The number of anilines is 2. The van der Waals surface area contributed by atoms with Crippen molar-refractivity contribution in [1.82, 2.24) is 9.97 Å². The van der Waals surface area contributed by atoms with Gasteiger partial charge in [-0.1, -0.05) is 30.3 Å². The zero-order chi connectivity index (χ0) is 18.2. The lowest BCUT2D eigenvalue weighted by atomic mass is 10.1. The number of amides is 1. The van der Waals surface area contributed by atoms with E-state index in [0.29, 0.717) is 12.2 Å². The van der Waals surface area contributed by atoms with Crippen LogP contribution in [0.1, 0.15) is 11.1 Å². The van der Waals surface area contributed by atoms with Crippen LogP contribution in [0.5, 0.6) is 0 Å². The van der Waals surface area contributed by atoms with Gasteiger partial charge in [-0.2, -0.15) is 0 Å². The van der Waals surface area contributed by atoms with E-state index >= 15 is 0 Å². The first-order valence-electron chi connectivity index (χ1n) is 8.60. The molecule has 3 aromatic rings. The molecule has 0 saturated carbocycles. The van der Waals surface area contributed by atoms with Crippen molar-refractivity contribution >= 4 is 17.4 Å². The Morgan fingerprint density at radius 1 is 1.00 bits per heavy atom. The summed E-state index contributed by atoms with van der Waals surface area (Å²) in [7, 11) is 2.03. The maximum atomic E-state index is 12.1. The predicted octanol–water partition coefficient (Wildman–Crippen LogP) is 3.34. The number of hydrogen-bond donors (Lipinski definition) is 1. The molecule has 1 aromatic carbocycles. The van der Waals surface area contributed by atoms with Gasteiger partial charge in [0.1, 0.15) is 5.82 Å². The molecule has 0 unspecified atom stereocenters. The fraction of sp³-hybridized carbons (Fsp3) is 0.190. The highest BCUT2D eigenvalue weighted by atomic mass is 16.1. The molecule has 0 saturated heterocycles. The third-order valence-corrected chi connectivity index (χ3v) is 4.15. The Balaban J connectivity index is 1.51. The number of benzene rings is 1. The minimum absolute atomic E-state index is 0.0671. The molecule has 1 amide bonds. The average Bonchev–Trinajstić information content (AvgIpc) is 2.68. The van der Waals surface area contributed by atoms with Gasteiger partial charge in [0, 0.05) is 26.0 Å². The highest BCUT2D eigenvalue weighted by molar-refractivity contribution is 5.91. The van der Waals surface area contributed by atoms with Crippen molar-refractivity contribution in [2.75, 3.05) is 23.8 Å². The summed E-state index contributed by atoms with van der Waals surface area (Å²) in [6.07, 6.45) is 6.68. The number of pyridine rings is 2. The molecule has 0 spiro atoms. The van der Waals surface area contributed by atoms with Crippen LogP contribution < -0.4 is 10.2 Å². The molecule has 1 N–H and O–H groups in total. The van der Waals surface area contributed by atoms with E-state index in [1.165, 1.54) is 5.56 Å². The Morgan fingerprint density at radius 2 is 1.77 bits per heavy atom. The molecule has 2 aromatic heterocycles. The van der Waals surface area contributed by atoms with Crippen LogP contribution in [0.3, 0.4) is 0 Å². The summed E-state index contributed by atoms with van der Waals surface area (Å²) >= 11 is 0. The summed E-state index contributed by atoms with van der Waals surface area (Å²) in [6.45, 7) is 0.880. The Bertz CT molecular complexity index is 820. The van der Waals surface area contributed by atoms with E-state index < -0.39 is 0 Å². The number of nitrogens with zero attached hydrogens (tertiary/aromatic N) is 3. The number of carbonyl (C=O) groups excluding carboxylic acids is 1. The Labute approximate surface area is 153 Å². The summed E-state index contributed by atoms with van der Waals surface area (Å²) < 4.78 is 0. The molecule has 5 nitrogen and oxygen atoms in total. The first-order valence-corrected chi connectivity index (χ1v) is 8.60. The second-order valence-corrected chi connectivity index (χ2v) is 6.14. The average molecular weight is 346 g/mol. The quantitative estimate of drug-likeness (QED) is 0.713. The number of hydrogen-bond acceptors (Lipinski definition) is 4. The molecule has 132 valence electrons. The zero-order valence-electron chi connectivity index (χ0n) is 14.8. The normalized spacial score (nSPS) is 10.3. The summed E-state index contributed by atoms with van der Waals surface area (Å²) in [5.74, 6) is 0.500. The van der Waals surface area contributed by atoms with Gasteiger partial charge in [-0.15, -0.1) is 0 Å². The van der Waals surface area contributed by atoms with E-state index in [4.69, 9.17) is 0 Å². The smallest absolute Gasteiger partial charge is 0.229 e. The second kappa shape index (κ2) is 8.76. The van der Waals surface area contributed by atoms with Crippen molar-refractivity contribution in [2.45, 2.75) is 12.8 Å². The van der Waals surface area contributed by atoms with Gasteiger partial charge in [0.25, 0.3) is 0 Å². The summed E-state index contributed by atoms with van der Waals surface area (Å²) in [5, 5.41) is 2.84. The fourth-order valence-electron chi connectivity index (χ4n) is 2.63. The summed E-state index contributed by atoms with van der Waals surface area (Å²) in [4.78, 5) is 22.6. The van der Waals surface area contributed by atoms with Gasteiger partial charge < -0.3 is 10.2 Å². The van der Waals surface area contributed by atoms with Crippen molar-refractivity contribution in [3.8, 4) is 0 Å². The molecule has 0 bridgehead atoms. The molecule has 0 fully saturated rings. The van der Waals surface area contributed by atoms with Gasteiger partial charge in [0.05, 0.1) is 18.3 Å². The lowest BCUT2D eigenvalue weighted by molar-refractivity contribution is -0.115. The lowest BCUT2D eigenvalue weighted by Crippen LogP contribution is -2.21. The minimum atomic E-state index is -0.0671. The molecule has 26 heavy (non-hydrogen) atoms. The van der Waals surface area contributed by atoms with Crippen LogP contribution in [0, 0.1) is 0 Å². The van der Waals surface area contributed by atoms with Gasteiger partial charge >= 0.3 is 0 Å². The Kier molecular flexibility index (Phi) is 5.93. The number of nitrogens with one attached hydrogen (secondary N) is 1. The van der Waals surface area contributed by atoms with Crippen LogP contribution in [-0.4, -0.2) is 29.5 Å². The SMILES string of the molecule is CN(CCc1ccncc1)c1ccc(NC(=O)Cc2ccccc2)nc1. The highest BCUT2D eigenvalue weighted by Gasteiger charge is 2.06. The molecule has 5 heteroatoms. The number of rotatable bonds is 7. The maximum absolute atomic E-state index is 12.1. The number of carbonyl (C=O) groups is 1. The molecule has 0 radical (unpaired) electrons. The number of likely N-dealkylation sites (N-methyl/N-ethyl adjacent to an activating group) is 1. The van der Waals surface area contributed by atoms with Crippen molar-refractivity contribution in [2.24, 2.45) is 0 Å². The van der Waals surface area contributed by atoms with Gasteiger partial charge in [0.2, 0.25) is 5.91 Å². The van der Waals surface area contributed by atoms with Gasteiger partial charge in [-0.25, -0.2) is 4.98 Å². The van der Waals surface area contributed by atoms with Crippen molar-refractivity contribution in [3.05, 3.63) is 84.3 Å². The third kappa shape index (κ3) is 5.14. The monoisotopic (exact) mass is 346 g/mol. The van der Waals surface area contributed by atoms with E-state index in [2.05, 4.69) is 20.2 Å². The number of aromatic nitrogens is 2. The molecular weight excluding hydrogens is 324 g/mol. The van der Waals surface area contributed by atoms with Gasteiger partial charge in [-0.3, -0.25) is 9.78 Å². The van der Waals surface area contributed by atoms with Crippen LogP contribution in [0.25, 0.3) is 0 Å². The fourth-order valence-corrected chi connectivity index (χ4v) is 2.63. The van der Waals surface area contributed by atoms with Crippen LogP contribution in [0.4, 0.5) is 11.5 Å². The largest absolute Gasteiger partial charge is 0.373 e. The van der Waals surface area contributed by atoms with Crippen LogP contribution >= 0.6 is 0 Å². The van der Waals surface area contributed by atoms with E-state index in [1.807, 2.05) is 74.0 Å². The first kappa shape index (κ1) is 17.6. The first-order chi connectivity index (χ1) is 12.7. The Morgan fingerprint density at radius 3 is 2.46 bits per heavy atom. The van der Waals surface area contributed by atoms with E-state index in [1.54, 1.807) is 6.20 Å². The van der Waals surface area contributed by atoms with Crippen molar-refractivity contribution < 1.29 is 4.79 Å². The molecule has 0 atom stereocenters. The molecule has 0 aliphatic carbocycles. The van der Waals surface area contributed by atoms with E-state index in [0.717, 1.165) is 24.2 Å². The zero-order valence-corrected chi connectivity index (χ0v) is 14.8. The second-order valence-electron chi connectivity index (χ2n) is 6.14. The lowest BCUT2D eigenvalue weighted by Gasteiger charge is -2.19. The summed E-state index contributed by atoms with van der Waals surface area (Å²) in [5.41, 5.74) is 3.25. The standard InChI is InChI=1S/C21H22N4O/c1-25(14-11-17-9-12-22-13-10-17)19-7-8-20(23-16-19)24-21(26)15-18-5-3-2-4-6-18/h2-10,12-13,16H,11,14-15H2,1H3,(H,23,24,26). The Hall–Kier alpha value is -3.21. The van der Waals surface area contributed by atoms with Gasteiger partial charge in [0.15, 0.2) is 0 Å². The molecule has 0 aliphatic rings. The topological polar surface area (TPSA) is 58.1 Å². The molecule has 2 heterocycles. The minimum Gasteiger partial charge on any atom is -0.373 e. The van der Waals surface area contributed by atoms with Crippen LogP contribution in [-0.2, 0) is 17.6 Å². The maximum Gasteiger partial charge on any atom is 0.229 e. The van der Waals surface area contributed by atoms with Crippen molar-refractivity contribution in [3.63, 3.8) is 0 Å². The van der Waals surface area contributed by atoms with Crippen LogP contribution in [0.15, 0.2) is 73.2 Å². The van der Waals surface area contributed by atoms with Gasteiger partial charge in [-0.05, 0) is 41.8 Å². The van der Waals surface area contributed by atoms with Crippen molar-refractivity contribution in [1.29, 1.82) is 0 Å². The third-order valence-electron chi connectivity index (χ3n) is 4.15.